The highest BCUT2D eigenvalue weighted by Gasteiger charge is 2.06. The first-order valence-corrected chi connectivity index (χ1v) is 6.02. The van der Waals surface area contributed by atoms with Crippen LogP contribution >= 0.6 is 23.4 Å². The summed E-state index contributed by atoms with van der Waals surface area (Å²) in [6.07, 6.45) is 0.822. The molecule has 1 rings (SSSR count). The van der Waals surface area contributed by atoms with E-state index >= 15 is 0 Å². The van der Waals surface area contributed by atoms with Gasteiger partial charge in [-0.2, -0.15) is 0 Å². The molecule has 0 bridgehead atoms. The predicted molar refractivity (Wildman–Crippen MR) is 63.8 cm³/mol. The van der Waals surface area contributed by atoms with Crippen molar-refractivity contribution in [3.05, 3.63) is 28.8 Å². The van der Waals surface area contributed by atoms with Gasteiger partial charge in [0, 0.05) is 27.8 Å². The Morgan fingerprint density at radius 2 is 2.33 bits per heavy atom. The topological polar surface area (TPSA) is 37.3 Å². The summed E-state index contributed by atoms with van der Waals surface area (Å²) < 4.78 is 0. The minimum absolute atomic E-state index is 0.157. The smallest absolute Gasteiger partial charge is 0.151 e. The maximum absolute atomic E-state index is 10.7. The fraction of sp³-hybridized carbons (Fsp3) is 0.364. The van der Waals surface area contributed by atoms with Crippen LogP contribution in [0.1, 0.15) is 17.3 Å². The quantitative estimate of drug-likeness (QED) is 0.639. The van der Waals surface area contributed by atoms with Crippen molar-refractivity contribution < 1.29 is 9.90 Å². The van der Waals surface area contributed by atoms with Gasteiger partial charge in [0.15, 0.2) is 6.29 Å². The molecule has 1 aromatic carbocycles. The van der Waals surface area contributed by atoms with Crippen LogP contribution in [-0.4, -0.2) is 23.8 Å². The van der Waals surface area contributed by atoms with Gasteiger partial charge >= 0.3 is 0 Å². The van der Waals surface area contributed by atoms with Crippen molar-refractivity contribution in [3.63, 3.8) is 0 Å². The second-order valence-electron chi connectivity index (χ2n) is 3.40. The van der Waals surface area contributed by atoms with E-state index in [1.54, 1.807) is 30.0 Å². The summed E-state index contributed by atoms with van der Waals surface area (Å²) in [5.41, 5.74) is 0.648. The van der Waals surface area contributed by atoms with E-state index in [-0.39, 0.29) is 12.5 Å². The van der Waals surface area contributed by atoms with Crippen molar-refractivity contribution >= 4 is 29.6 Å². The highest BCUT2D eigenvalue weighted by Crippen LogP contribution is 2.26. The van der Waals surface area contributed by atoms with Gasteiger partial charge in [-0.3, -0.25) is 4.79 Å². The number of aliphatic hydroxyl groups excluding tert-OH is 1. The molecule has 0 amide bonds. The minimum Gasteiger partial charge on any atom is -0.396 e. The first-order chi connectivity index (χ1) is 7.17. The van der Waals surface area contributed by atoms with Gasteiger partial charge in [-0.05, 0) is 24.1 Å². The highest BCUT2D eigenvalue weighted by molar-refractivity contribution is 7.99. The zero-order chi connectivity index (χ0) is 11.3. The Morgan fingerprint density at radius 3 is 2.93 bits per heavy atom. The fourth-order valence-electron chi connectivity index (χ4n) is 1.02. The van der Waals surface area contributed by atoms with Gasteiger partial charge in [0.05, 0.1) is 0 Å². The lowest BCUT2D eigenvalue weighted by molar-refractivity contribution is 0.112. The van der Waals surface area contributed by atoms with Crippen LogP contribution in [0.3, 0.4) is 0 Å². The molecular formula is C11H13ClO2S. The molecule has 0 aromatic heterocycles. The highest BCUT2D eigenvalue weighted by atomic mass is 35.5. The molecule has 82 valence electrons. The van der Waals surface area contributed by atoms with Crippen LogP contribution in [0.2, 0.25) is 5.02 Å². The molecule has 1 aromatic rings. The van der Waals surface area contributed by atoms with Crippen molar-refractivity contribution in [1.82, 2.24) is 0 Å². The van der Waals surface area contributed by atoms with Crippen LogP contribution < -0.4 is 0 Å². The van der Waals surface area contributed by atoms with E-state index in [2.05, 4.69) is 0 Å². The van der Waals surface area contributed by atoms with Crippen molar-refractivity contribution in [2.45, 2.75) is 11.8 Å². The van der Waals surface area contributed by atoms with Gasteiger partial charge in [-0.25, -0.2) is 0 Å². The molecule has 0 saturated heterocycles. The molecule has 2 nitrogen and oxygen atoms in total. The van der Waals surface area contributed by atoms with E-state index in [9.17, 15) is 4.79 Å². The molecule has 1 unspecified atom stereocenters. The average molecular weight is 245 g/mol. The number of thioether (sulfide) groups is 1. The van der Waals surface area contributed by atoms with Crippen LogP contribution in [0.4, 0.5) is 0 Å². The Morgan fingerprint density at radius 1 is 1.60 bits per heavy atom. The van der Waals surface area contributed by atoms with Gasteiger partial charge in [0.2, 0.25) is 0 Å². The molecule has 0 saturated carbocycles. The van der Waals surface area contributed by atoms with Crippen LogP contribution in [-0.2, 0) is 0 Å². The number of halogens is 1. The Bertz CT molecular complexity index is 341. The monoisotopic (exact) mass is 244 g/mol. The number of carbonyl (C=O) groups excluding carboxylic acids is 1. The maximum Gasteiger partial charge on any atom is 0.151 e. The normalized spacial score (nSPS) is 12.5. The summed E-state index contributed by atoms with van der Waals surface area (Å²) in [5, 5.41) is 9.51. The molecule has 0 aliphatic heterocycles. The first kappa shape index (κ1) is 12.6. The first-order valence-electron chi connectivity index (χ1n) is 4.65. The van der Waals surface area contributed by atoms with Crippen LogP contribution in [0.5, 0.6) is 0 Å². The number of aliphatic hydroxyl groups is 1. The Labute approximate surface area is 98.6 Å². The predicted octanol–water partition coefficient (Wildman–Crippen LogP) is 2.87. The number of hydrogen-bond donors (Lipinski definition) is 1. The summed E-state index contributed by atoms with van der Waals surface area (Å²) in [6, 6.07) is 5.19. The molecule has 0 aliphatic carbocycles. The molecule has 0 aliphatic rings. The Balaban J connectivity index is 2.74. The van der Waals surface area contributed by atoms with Gasteiger partial charge in [0.25, 0.3) is 0 Å². The third kappa shape index (κ3) is 3.86. The summed E-state index contributed by atoms with van der Waals surface area (Å²) in [5.74, 6) is 0.992. The van der Waals surface area contributed by atoms with E-state index in [1.807, 2.05) is 6.92 Å². The second-order valence-corrected chi connectivity index (χ2v) is 4.90. The zero-order valence-corrected chi connectivity index (χ0v) is 10.0. The fourth-order valence-corrected chi connectivity index (χ4v) is 2.31. The molecule has 4 heteroatoms. The molecule has 0 radical (unpaired) electrons. The second kappa shape index (κ2) is 6.16. The van der Waals surface area contributed by atoms with Crippen molar-refractivity contribution in [2.75, 3.05) is 12.4 Å². The van der Waals surface area contributed by atoms with Gasteiger partial charge in [0.1, 0.15) is 0 Å². The van der Waals surface area contributed by atoms with Crippen molar-refractivity contribution in [3.8, 4) is 0 Å². The number of aldehydes is 1. The number of benzene rings is 1. The summed E-state index contributed by atoms with van der Waals surface area (Å²) >= 11 is 7.39. The largest absolute Gasteiger partial charge is 0.396 e. The van der Waals surface area contributed by atoms with Gasteiger partial charge < -0.3 is 5.11 Å². The molecule has 1 N–H and O–H groups in total. The van der Waals surface area contributed by atoms with E-state index < -0.39 is 0 Å². The lowest BCUT2D eigenvalue weighted by atomic mass is 10.2. The van der Waals surface area contributed by atoms with Gasteiger partial charge in [-0.1, -0.05) is 18.5 Å². The van der Waals surface area contributed by atoms with E-state index in [1.165, 1.54) is 0 Å². The maximum atomic E-state index is 10.7. The van der Waals surface area contributed by atoms with Crippen LogP contribution in [0.15, 0.2) is 23.1 Å². The number of rotatable bonds is 5. The van der Waals surface area contributed by atoms with Gasteiger partial charge in [-0.15, -0.1) is 11.8 Å². The lowest BCUT2D eigenvalue weighted by Gasteiger charge is -2.08. The number of hydrogen-bond acceptors (Lipinski definition) is 3. The molecule has 1 atom stereocenters. The molecule has 15 heavy (non-hydrogen) atoms. The summed E-state index contributed by atoms with van der Waals surface area (Å²) in [6.45, 7) is 2.11. The van der Waals surface area contributed by atoms with Crippen molar-refractivity contribution in [2.24, 2.45) is 5.92 Å². The Hall–Kier alpha value is -0.510. The summed E-state index contributed by atoms with van der Waals surface area (Å²) in [7, 11) is 0. The zero-order valence-electron chi connectivity index (χ0n) is 8.44. The molecule has 0 fully saturated rings. The van der Waals surface area contributed by atoms with E-state index in [4.69, 9.17) is 16.7 Å². The number of carbonyl (C=O) groups is 1. The van der Waals surface area contributed by atoms with Crippen LogP contribution in [0.25, 0.3) is 0 Å². The third-order valence-corrected chi connectivity index (χ3v) is 3.57. The standard InChI is InChI=1S/C11H13ClO2S/c1-8(5-13)7-15-11-4-10(12)3-2-9(11)6-14/h2-4,6,8,13H,5,7H2,1H3. The van der Waals surface area contributed by atoms with E-state index in [0.29, 0.717) is 10.6 Å². The lowest BCUT2D eigenvalue weighted by Crippen LogP contribution is -2.03. The molecular weight excluding hydrogens is 232 g/mol. The van der Waals surface area contributed by atoms with E-state index in [0.717, 1.165) is 16.9 Å². The average Bonchev–Trinajstić information content (AvgIpc) is 2.26. The molecule has 0 spiro atoms. The van der Waals surface area contributed by atoms with Crippen LogP contribution in [0, 0.1) is 5.92 Å². The minimum atomic E-state index is 0.157. The SMILES string of the molecule is CC(CO)CSc1cc(Cl)ccc1C=O. The van der Waals surface area contributed by atoms with Crippen molar-refractivity contribution in [1.29, 1.82) is 0 Å². The molecule has 0 heterocycles. The Kier molecular flexibility index (Phi) is 5.15. The summed E-state index contributed by atoms with van der Waals surface area (Å²) in [4.78, 5) is 11.6. The third-order valence-electron chi connectivity index (χ3n) is 1.94.